The van der Waals surface area contributed by atoms with Crippen molar-refractivity contribution in [3.05, 3.63) is 28.2 Å². The lowest BCUT2D eigenvalue weighted by atomic mass is 9.93. The van der Waals surface area contributed by atoms with E-state index in [0.29, 0.717) is 6.42 Å². The maximum absolute atomic E-state index is 9.05. The predicted octanol–water partition coefficient (Wildman–Crippen LogP) is 3.23. The lowest BCUT2D eigenvalue weighted by Gasteiger charge is -2.49. The lowest BCUT2D eigenvalue weighted by Crippen LogP contribution is -2.63. The number of halogens is 1. The van der Waals surface area contributed by atoms with Gasteiger partial charge in [-0.25, -0.2) is 0 Å². The summed E-state index contributed by atoms with van der Waals surface area (Å²) in [7, 11) is 0. The van der Waals surface area contributed by atoms with E-state index < -0.39 is 0 Å². The Bertz CT molecular complexity index is 505. The summed E-state index contributed by atoms with van der Waals surface area (Å²) in [6.07, 6.45) is 0.548. The second kappa shape index (κ2) is 5.52. The molecule has 0 spiro atoms. The third-order valence-electron chi connectivity index (χ3n) is 3.70. The molecule has 4 heteroatoms. The van der Waals surface area contributed by atoms with E-state index in [1.165, 1.54) is 11.3 Å². The lowest BCUT2D eigenvalue weighted by molar-refractivity contribution is 0.324. The molecular formula is C15H20BrN3. The van der Waals surface area contributed by atoms with Crippen LogP contribution in [0.15, 0.2) is 22.7 Å². The van der Waals surface area contributed by atoms with Crippen LogP contribution in [0.1, 0.15) is 25.8 Å². The van der Waals surface area contributed by atoms with Gasteiger partial charge in [-0.05, 0) is 44.5 Å². The summed E-state index contributed by atoms with van der Waals surface area (Å²) in [5, 5.41) is 12.5. The fraction of sp³-hybridized carbons (Fsp3) is 0.533. The third-order valence-corrected chi connectivity index (χ3v) is 4.19. The second-order valence-electron chi connectivity index (χ2n) is 5.76. The van der Waals surface area contributed by atoms with Gasteiger partial charge in [0.05, 0.1) is 18.5 Å². The van der Waals surface area contributed by atoms with Crippen molar-refractivity contribution in [2.45, 2.75) is 38.8 Å². The van der Waals surface area contributed by atoms with Crippen LogP contribution in [0.2, 0.25) is 0 Å². The molecule has 2 rings (SSSR count). The quantitative estimate of drug-likeness (QED) is 0.909. The number of nitrogens with one attached hydrogen (secondary N) is 1. The molecule has 0 saturated carbocycles. The fourth-order valence-corrected chi connectivity index (χ4v) is 3.37. The molecule has 1 saturated heterocycles. The number of hydrogen-bond acceptors (Lipinski definition) is 3. The molecule has 1 aliphatic rings. The first-order valence-electron chi connectivity index (χ1n) is 6.59. The number of nitrogens with zero attached hydrogens (tertiary/aromatic N) is 2. The van der Waals surface area contributed by atoms with Gasteiger partial charge in [-0.1, -0.05) is 15.9 Å². The van der Waals surface area contributed by atoms with Crippen molar-refractivity contribution >= 4 is 21.6 Å². The molecule has 1 heterocycles. The predicted molar refractivity (Wildman–Crippen MR) is 82.3 cm³/mol. The summed E-state index contributed by atoms with van der Waals surface area (Å²) < 4.78 is 1.10. The highest BCUT2D eigenvalue weighted by Crippen LogP contribution is 2.33. The van der Waals surface area contributed by atoms with Crippen LogP contribution in [0, 0.1) is 18.3 Å². The molecule has 102 valence electrons. The molecule has 1 aromatic carbocycles. The van der Waals surface area contributed by atoms with Crippen LogP contribution in [-0.2, 0) is 0 Å². The number of anilines is 1. The Kier molecular flexibility index (Phi) is 4.17. The average Bonchev–Trinajstić information content (AvgIpc) is 2.31. The Morgan fingerprint density at radius 2 is 2.26 bits per heavy atom. The van der Waals surface area contributed by atoms with Crippen LogP contribution >= 0.6 is 15.9 Å². The van der Waals surface area contributed by atoms with Gasteiger partial charge in [0.25, 0.3) is 0 Å². The molecule has 3 nitrogen and oxygen atoms in total. The molecule has 1 N–H and O–H groups in total. The van der Waals surface area contributed by atoms with E-state index in [9.17, 15) is 0 Å². The van der Waals surface area contributed by atoms with Crippen LogP contribution in [0.5, 0.6) is 0 Å². The first-order valence-corrected chi connectivity index (χ1v) is 7.38. The molecule has 0 bridgehead atoms. The van der Waals surface area contributed by atoms with Crippen LogP contribution in [0.25, 0.3) is 0 Å². The van der Waals surface area contributed by atoms with Gasteiger partial charge in [-0.15, -0.1) is 0 Å². The van der Waals surface area contributed by atoms with Crippen molar-refractivity contribution in [2.75, 3.05) is 18.0 Å². The zero-order chi connectivity index (χ0) is 14.0. The molecule has 0 aliphatic carbocycles. The molecule has 1 unspecified atom stereocenters. The molecule has 19 heavy (non-hydrogen) atoms. The van der Waals surface area contributed by atoms with Gasteiger partial charge in [-0.3, -0.25) is 0 Å². The van der Waals surface area contributed by atoms with E-state index in [1.807, 2.05) is 0 Å². The number of nitriles is 1. The smallest absolute Gasteiger partial charge is 0.0643 e. The Balaban J connectivity index is 2.43. The van der Waals surface area contributed by atoms with Gasteiger partial charge < -0.3 is 10.2 Å². The average molecular weight is 322 g/mol. The van der Waals surface area contributed by atoms with E-state index in [4.69, 9.17) is 5.26 Å². The van der Waals surface area contributed by atoms with Crippen LogP contribution in [-0.4, -0.2) is 24.7 Å². The summed E-state index contributed by atoms with van der Waals surface area (Å²) in [6.45, 7) is 8.38. The second-order valence-corrected chi connectivity index (χ2v) is 6.68. The van der Waals surface area contributed by atoms with Crippen molar-refractivity contribution in [3.63, 3.8) is 0 Å². The number of piperazine rings is 1. The highest BCUT2D eigenvalue weighted by molar-refractivity contribution is 9.10. The van der Waals surface area contributed by atoms with E-state index >= 15 is 0 Å². The highest BCUT2D eigenvalue weighted by atomic mass is 79.9. The highest BCUT2D eigenvalue weighted by Gasteiger charge is 2.36. The first kappa shape index (κ1) is 14.4. The van der Waals surface area contributed by atoms with Gasteiger partial charge in [0, 0.05) is 28.8 Å². The van der Waals surface area contributed by atoms with Crippen LogP contribution in [0.4, 0.5) is 5.69 Å². The fourth-order valence-electron chi connectivity index (χ4n) is 2.90. The normalized spacial score (nSPS) is 22.1. The van der Waals surface area contributed by atoms with Crippen molar-refractivity contribution < 1.29 is 0 Å². The number of hydrogen-bond donors (Lipinski definition) is 1. The molecule has 1 atom stereocenters. The number of aryl methyl sites for hydroxylation is 1. The minimum atomic E-state index is 0.0123. The molecule has 1 fully saturated rings. The summed E-state index contributed by atoms with van der Waals surface area (Å²) >= 11 is 3.51. The summed E-state index contributed by atoms with van der Waals surface area (Å²) in [5.41, 5.74) is 2.49. The minimum Gasteiger partial charge on any atom is -0.360 e. The molecule has 0 aromatic heterocycles. The first-order chi connectivity index (χ1) is 8.95. The number of benzene rings is 1. The molecule has 1 aromatic rings. The Morgan fingerprint density at radius 3 is 2.89 bits per heavy atom. The monoisotopic (exact) mass is 321 g/mol. The van der Waals surface area contributed by atoms with Crippen molar-refractivity contribution in [1.82, 2.24) is 5.32 Å². The van der Waals surface area contributed by atoms with Crippen LogP contribution < -0.4 is 10.2 Å². The Labute approximate surface area is 123 Å². The van der Waals surface area contributed by atoms with Gasteiger partial charge in [0.1, 0.15) is 0 Å². The molecule has 0 radical (unpaired) electrons. The van der Waals surface area contributed by atoms with Crippen molar-refractivity contribution in [1.29, 1.82) is 5.26 Å². The van der Waals surface area contributed by atoms with Gasteiger partial charge in [0.2, 0.25) is 0 Å². The van der Waals surface area contributed by atoms with Gasteiger partial charge in [0.15, 0.2) is 0 Å². The topological polar surface area (TPSA) is 39.1 Å². The summed E-state index contributed by atoms with van der Waals surface area (Å²) in [4.78, 5) is 2.41. The minimum absolute atomic E-state index is 0.0123. The summed E-state index contributed by atoms with van der Waals surface area (Å²) in [5.74, 6) is 0. The van der Waals surface area contributed by atoms with Crippen molar-refractivity contribution in [3.8, 4) is 6.07 Å². The molecule has 1 aliphatic heterocycles. The maximum atomic E-state index is 9.05. The molecular weight excluding hydrogens is 302 g/mol. The Morgan fingerprint density at radius 1 is 1.53 bits per heavy atom. The zero-order valence-electron chi connectivity index (χ0n) is 11.7. The number of rotatable bonds is 2. The largest absolute Gasteiger partial charge is 0.360 e. The van der Waals surface area contributed by atoms with Crippen molar-refractivity contribution in [2.24, 2.45) is 0 Å². The zero-order valence-corrected chi connectivity index (χ0v) is 13.3. The summed E-state index contributed by atoms with van der Waals surface area (Å²) in [6, 6.07) is 8.90. The van der Waals surface area contributed by atoms with E-state index in [0.717, 1.165) is 17.6 Å². The maximum Gasteiger partial charge on any atom is 0.0643 e. The SMILES string of the molecule is Cc1cc(Br)ccc1N1C(CC#N)CNCC1(C)C. The standard InChI is InChI=1S/C15H20BrN3/c1-11-8-12(16)4-5-14(11)19-13(6-7-17)9-18-10-15(19,2)3/h4-5,8,13,18H,6,9-10H2,1-3H3. The third kappa shape index (κ3) is 2.93. The molecule has 0 amide bonds. The van der Waals surface area contributed by atoms with Gasteiger partial charge >= 0.3 is 0 Å². The Hall–Kier alpha value is -1.05. The van der Waals surface area contributed by atoms with E-state index in [-0.39, 0.29) is 11.6 Å². The van der Waals surface area contributed by atoms with E-state index in [1.54, 1.807) is 0 Å². The van der Waals surface area contributed by atoms with Gasteiger partial charge in [-0.2, -0.15) is 5.26 Å². The van der Waals surface area contributed by atoms with Crippen LogP contribution in [0.3, 0.4) is 0 Å². The van der Waals surface area contributed by atoms with E-state index in [2.05, 4.69) is 71.2 Å².